The Bertz CT molecular complexity index is 1040. The standard InChI is InChI=1S/C24H26N2O6/c1-4-31-23(30)11-9-19(27)17-8-10-20-18(12-17)26(22(29)14-32-20)13-21(28)25-24-15(2)6-5-7-16(24)3/h5-8,10,12H,4,9,11,13-14H2,1-3H3,(H,25,28). The molecule has 0 fully saturated rings. The van der Waals surface area contributed by atoms with E-state index in [0.29, 0.717) is 22.7 Å². The summed E-state index contributed by atoms with van der Waals surface area (Å²) < 4.78 is 10.3. The Morgan fingerprint density at radius 2 is 1.81 bits per heavy atom. The summed E-state index contributed by atoms with van der Waals surface area (Å²) in [4.78, 5) is 50.6. The van der Waals surface area contributed by atoms with Gasteiger partial charge in [0.25, 0.3) is 5.91 Å². The van der Waals surface area contributed by atoms with Crippen molar-refractivity contribution in [3.05, 3.63) is 53.1 Å². The Labute approximate surface area is 186 Å². The zero-order valence-electron chi connectivity index (χ0n) is 18.4. The maximum atomic E-state index is 12.7. The van der Waals surface area contributed by atoms with Gasteiger partial charge in [0.1, 0.15) is 12.3 Å². The molecular formula is C24H26N2O6. The number of para-hydroxylation sites is 1. The molecule has 0 radical (unpaired) electrons. The fourth-order valence-corrected chi connectivity index (χ4v) is 3.48. The molecule has 2 aromatic rings. The van der Waals surface area contributed by atoms with Gasteiger partial charge in [-0.1, -0.05) is 18.2 Å². The first-order valence-corrected chi connectivity index (χ1v) is 10.4. The molecule has 0 aromatic heterocycles. The molecule has 2 amide bonds. The number of ketones is 1. The molecule has 168 valence electrons. The largest absolute Gasteiger partial charge is 0.482 e. The van der Waals surface area contributed by atoms with Crippen LogP contribution >= 0.6 is 0 Å². The van der Waals surface area contributed by atoms with Gasteiger partial charge in [0.15, 0.2) is 12.4 Å². The predicted octanol–water partition coefficient (Wildman–Crippen LogP) is 3.19. The van der Waals surface area contributed by atoms with E-state index in [2.05, 4.69) is 5.32 Å². The fourth-order valence-electron chi connectivity index (χ4n) is 3.48. The van der Waals surface area contributed by atoms with Crippen molar-refractivity contribution in [1.29, 1.82) is 0 Å². The lowest BCUT2D eigenvalue weighted by Gasteiger charge is -2.29. The number of anilines is 2. The van der Waals surface area contributed by atoms with E-state index in [9.17, 15) is 19.2 Å². The summed E-state index contributed by atoms with van der Waals surface area (Å²) in [6.07, 6.45) is -0.0411. The van der Waals surface area contributed by atoms with Gasteiger partial charge in [0.05, 0.1) is 18.7 Å². The number of carbonyl (C=O) groups excluding carboxylic acids is 4. The van der Waals surface area contributed by atoms with Crippen LogP contribution in [-0.4, -0.2) is 43.3 Å². The Kier molecular flexibility index (Phi) is 7.25. The van der Waals surface area contributed by atoms with Crippen LogP contribution < -0.4 is 15.0 Å². The van der Waals surface area contributed by atoms with Gasteiger partial charge < -0.3 is 14.8 Å². The maximum absolute atomic E-state index is 12.7. The molecule has 1 aliphatic heterocycles. The summed E-state index contributed by atoms with van der Waals surface area (Å²) in [6.45, 7) is 5.33. The van der Waals surface area contributed by atoms with Crippen molar-refractivity contribution in [2.75, 3.05) is 30.0 Å². The first-order valence-electron chi connectivity index (χ1n) is 10.4. The molecule has 8 heteroatoms. The van der Waals surface area contributed by atoms with E-state index in [4.69, 9.17) is 9.47 Å². The molecule has 0 saturated carbocycles. The minimum Gasteiger partial charge on any atom is -0.482 e. The molecule has 32 heavy (non-hydrogen) atoms. The van der Waals surface area contributed by atoms with Crippen LogP contribution in [0.15, 0.2) is 36.4 Å². The van der Waals surface area contributed by atoms with Gasteiger partial charge in [0.2, 0.25) is 5.91 Å². The van der Waals surface area contributed by atoms with E-state index in [1.165, 1.54) is 11.0 Å². The van der Waals surface area contributed by atoms with Crippen molar-refractivity contribution in [1.82, 2.24) is 0 Å². The maximum Gasteiger partial charge on any atom is 0.306 e. The Hall–Kier alpha value is -3.68. The molecular weight excluding hydrogens is 412 g/mol. The summed E-state index contributed by atoms with van der Waals surface area (Å²) >= 11 is 0. The molecule has 0 saturated heterocycles. The zero-order chi connectivity index (χ0) is 23.3. The van der Waals surface area contributed by atoms with Crippen molar-refractivity contribution in [2.24, 2.45) is 0 Å². The van der Waals surface area contributed by atoms with Crippen LogP contribution in [-0.2, 0) is 19.1 Å². The number of fused-ring (bicyclic) bond motifs is 1. The average molecular weight is 438 g/mol. The van der Waals surface area contributed by atoms with Gasteiger partial charge in [-0.15, -0.1) is 0 Å². The van der Waals surface area contributed by atoms with Crippen LogP contribution in [0.25, 0.3) is 0 Å². The topological polar surface area (TPSA) is 102 Å². The number of ether oxygens (including phenoxy) is 2. The van der Waals surface area contributed by atoms with Gasteiger partial charge in [-0.05, 0) is 50.1 Å². The summed E-state index contributed by atoms with van der Waals surface area (Å²) in [5, 5.41) is 2.87. The van der Waals surface area contributed by atoms with E-state index in [0.717, 1.165) is 11.1 Å². The number of esters is 1. The molecule has 0 unspecified atom stereocenters. The highest BCUT2D eigenvalue weighted by atomic mass is 16.5. The highest BCUT2D eigenvalue weighted by molar-refractivity contribution is 6.07. The third-order valence-corrected chi connectivity index (χ3v) is 5.13. The number of rotatable bonds is 8. The van der Waals surface area contributed by atoms with Gasteiger partial charge in [0, 0.05) is 17.7 Å². The first kappa shape index (κ1) is 23.0. The summed E-state index contributed by atoms with van der Waals surface area (Å²) in [5.74, 6) is -1.04. The number of hydrogen-bond donors (Lipinski definition) is 1. The molecule has 0 atom stereocenters. The van der Waals surface area contributed by atoms with Crippen LogP contribution in [0.4, 0.5) is 11.4 Å². The van der Waals surface area contributed by atoms with Crippen LogP contribution in [0, 0.1) is 13.8 Å². The second-order valence-electron chi connectivity index (χ2n) is 7.49. The minimum absolute atomic E-state index is 0.0144. The number of hydrogen-bond acceptors (Lipinski definition) is 6. The van der Waals surface area contributed by atoms with Crippen molar-refractivity contribution < 1.29 is 28.7 Å². The van der Waals surface area contributed by atoms with E-state index in [-0.39, 0.29) is 50.2 Å². The quantitative estimate of drug-likeness (QED) is 0.502. The van der Waals surface area contributed by atoms with Gasteiger partial charge in [-0.25, -0.2) is 0 Å². The molecule has 3 rings (SSSR count). The number of carbonyl (C=O) groups is 4. The van der Waals surface area contributed by atoms with Crippen LogP contribution in [0.1, 0.15) is 41.3 Å². The monoisotopic (exact) mass is 438 g/mol. The van der Waals surface area contributed by atoms with E-state index < -0.39 is 5.97 Å². The van der Waals surface area contributed by atoms with E-state index in [1.807, 2.05) is 32.0 Å². The molecule has 0 bridgehead atoms. The SMILES string of the molecule is CCOC(=O)CCC(=O)c1ccc2c(c1)N(CC(=O)Nc1c(C)cccc1C)C(=O)CO2. The van der Waals surface area contributed by atoms with Crippen LogP contribution in [0.3, 0.4) is 0 Å². The van der Waals surface area contributed by atoms with Crippen molar-refractivity contribution in [2.45, 2.75) is 33.6 Å². The number of amides is 2. The second kappa shape index (κ2) is 10.1. The Morgan fingerprint density at radius 1 is 1.09 bits per heavy atom. The average Bonchev–Trinajstić information content (AvgIpc) is 2.76. The second-order valence-corrected chi connectivity index (χ2v) is 7.49. The molecule has 1 N–H and O–H groups in total. The van der Waals surface area contributed by atoms with Crippen LogP contribution in [0.5, 0.6) is 5.75 Å². The molecule has 0 aliphatic carbocycles. The predicted molar refractivity (Wildman–Crippen MR) is 119 cm³/mol. The summed E-state index contributed by atoms with van der Waals surface area (Å²) in [6, 6.07) is 10.4. The molecule has 8 nitrogen and oxygen atoms in total. The molecule has 2 aromatic carbocycles. The molecule has 1 aliphatic rings. The number of nitrogens with zero attached hydrogens (tertiary/aromatic N) is 1. The molecule has 1 heterocycles. The lowest BCUT2D eigenvalue weighted by atomic mass is 10.0. The smallest absolute Gasteiger partial charge is 0.306 e. The Morgan fingerprint density at radius 3 is 2.50 bits per heavy atom. The van der Waals surface area contributed by atoms with Crippen molar-refractivity contribution >= 4 is 34.9 Å². The normalized spacial score (nSPS) is 12.6. The zero-order valence-corrected chi connectivity index (χ0v) is 18.4. The van der Waals surface area contributed by atoms with E-state index in [1.54, 1.807) is 19.1 Å². The van der Waals surface area contributed by atoms with E-state index >= 15 is 0 Å². The molecule has 0 spiro atoms. The minimum atomic E-state index is -0.442. The lowest BCUT2D eigenvalue weighted by Crippen LogP contribution is -2.43. The van der Waals surface area contributed by atoms with Crippen molar-refractivity contribution in [3.8, 4) is 5.75 Å². The third-order valence-electron chi connectivity index (χ3n) is 5.13. The van der Waals surface area contributed by atoms with Crippen molar-refractivity contribution in [3.63, 3.8) is 0 Å². The number of aryl methyl sites for hydroxylation is 2. The number of Topliss-reactive ketones (excluding diaryl/α,β-unsaturated/α-hetero) is 1. The van der Waals surface area contributed by atoms with Gasteiger partial charge >= 0.3 is 5.97 Å². The third kappa shape index (κ3) is 5.32. The lowest BCUT2D eigenvalue weighted by molar-refractivity contribution is -0.143. The number of nitrogens with one attached hydrogen (secondary N) is 1. The first-order chi connectivity index (χ1) is 15.3. The summed E-state index contributed by atoms with van der Waals surface area (Å²) in [5.41, 5.74) is 3.22. The van der Waals surface area contributed by atoms with Gasteiger partial charge in [-0.2, -0.15) is 0 Å². The highest BCUT2D eigenvalue weighted by Crippen LogP contribution is 2.33. The van der Waals surface area contributed by atoms with Gasteiger partial charge in [-0.3, -0.25) is 24.1 Å². The highest BCUT2D eigenvalue weighted by Gasteiger charge is 2.28. The summed E-state index contributed by atoms with van der Waals surface area (Å²) in [7, 11) is 0. The fraction of sp³-hybridized carbons (Fsp3) is 0.333. The number of benzene rings is 2. The van der Waals surface area contributed by atoms with Crippen LogP contribution in [0.2, 0.25) is 0 Å². The Balaban J connectivity index is 1.77.